The van der Waals surface area contributed by atoms with Gasteiger partial charge >= 0.3 is 0 Å². The fourth-order valence-electron chi connectivity index (χ4n) is 2.56. The monoisotopic (exact) mass is 312 g/mol. The van der Waals surface area contributed by atoms with Gasteiger partial charge in [-0.3, -0.25) is 0 Å². The predicted octanol–water partition coefficient (Wildman–Crippen LogP) is 2.02. The van der Waals surface area contributed by atoms with Crippen molar-refractivity contribution in [3.8, 4) is 5.75 Å². The standard InChI is InChI=1S/C15H24N2O3S/c1-11(2)17-21(18,19)15-8-6-13(7-9-15)20-14-5-3-4-12(16)10-14/h6-9,11-12,14,17H,3-5,10,16H2,1-2H3. The van der Waals surface area contributed by atoms with E-state index in [1.165, 1.54) is 0 Å². The minimum atomic E-state index is -3.44. The molecule has 21 heavy (non-hydrogen) atoms. The third kappa shape index (κ3) is 4.69. The fourth-order valence-corrected chi connectivity index (χ4v) is 3.81. The summed E-state index contributed by atoms with van der Waals surface area (Å²) in [5.41, 5.74) is 5.94. The van der Waals surface area contributed by atoms with Gasteiger partial charge in [-0.2, -0.15) is 0 Å². The summed E-state index contributed by atoms with van der Waals surface area (Å²) < 4.78 is 32.5. The Balaban J connectivity index is 2.02. The normalized spacial score (nSPS) is 23.2. The molecule has 1 aliphatic rings. The van der Waals surface area contributed by atoms with Gasteiger partial charge in [-0.05, 0) is 63.8 Å². The third-order valence-corrected chi connectivity index (χ3v) is 5.17. The molecule has 1 aliphatic carbocycles. The molecule has 2 unspecified atom stereocenters. The molecule has 0 heterocycles. The second-order valence-electron chi connectivity index (χ2n) is 5.91. The van der Waals surface area contributed by atoms with Crippen LogP contribution in [0.15, 0.2) is 29.2 Å². The van der Waals surface area contributed by atoms with Crippen molar-refractivity contribution in [2.24, 2.45) is 5.73 Å². The summed E-state index contributed by atoms with van der Waals surface area (Å²) >= 11 is 0. The zero-order chi connectivity index (χ0) is 15.5. The molecule has 1 aromatic rings. The van der Waals surface area contributed by atoms with E-state index in [4.69, 9.17) is 10.5 Å². The van der Waals surface area contributed by atoms with Crippen molar-refractivity contribution < 1.29 is 13.2 Å². The first kappa shape index (κ1) is 16.3. The van der Waals surface area contributed by atoms with Gasteiger partial charge in [-0.25, -0.2) is 13.1 Å². The first-order chi connectivity index (χ1) is 9.87. The van der Waals surface area contributed by atoms with Gasteiger partial charge in [0.15, 0.2) is 0 Å². The number of nitrogens with two attached hydrogens (primary N) is 1. The van der Waals surface area contributed by atoms with Crippen molar-refractivity contribution in [2.75, 3.05) is 0 Å². The number of sulfonamides is 1. The molecule has 118 valence electrons. The minimum absolute atomic E-state index is 0.130. The van der Waals surface area contributed by atoms with Crippen LogP contribution in [-0.4, -0.2) is 26.6 Å². The van der Waals surface area contributed by atoms with E-state index in [-0.39, 0.29) is 23.1 Å². The quantitative estimate of drug-likeness (QED) is 0.871. The molecular weight excluding hydrogens is 288 g/mol. The van der Waals surface area contributed by atoms with Crippen molar-refractivity contribution in [1.82, 2.24) is 4.72 Å². The highest BCUT2D eigenvalue weighted by Gasteiger charge is 2.21. The molecule has 5 nitrogen and oxygen atoms in total. The highest BCUT2D eigenvalue weighted by molar-refractivity contribution is 7.89. The molecule has 2 rings (SSSR count). The van der Waals surface area contributed by atoms with E-state index in [0.29, 0.717) is 5.75 Å². The van der Waals surface area contributed by atoms with E-state index in [2.05, 4.69) is 4.72 Å². The first-order valence-electron chi connectivity index (χ1n) is 7.41. The Morgan fingerprint density at radius 1 is 1.24 bits per heavy atom. The summed E-state index contributed by atoms with van der Waals surface area (Å²) in [6, 6.07) is 6.63. The van der Waals surface area contributed by atoms with Gasteiger partial charge in [-0.1, -0.05) is 0 Å². The van der Waals surface area contributed by atoms with Crippen molar-refractivity contribution >= 4 is 10.0 Å². The Bertz CT molecular complexity index is 555. The topological polar surface area (TPSA) is 81.4 Å². The summed E-state index contributed by atoms with van der Waals surface area (Å²) in [5.74, 6) is 0.692. The molecule has 0 bridgehead atoms. The summed E-state index contributed by atoms with van der Waals surface area (Å²) in [4.78, 5) is 0.254. The van der Waals surface area contributed by atoms with E-state index in [1.807, 2.05) is 0 Å². The minimum Gasteiger partial charge on any atom is -0.490 e. The summed E-state index contributed by atoms with van der Waals surface area (Å²) in [6.45, 7) is 3.59. The number of rotatable bonds is 5. The van der Waals surface area contributed by atoms with Gasteiger partial charge in [0.05, 0.1) is 4.90 Å². The SMILES string of the molecule is CC(C)NS(=O)(=O)c1ccc(OC2CCCC(N)C2)cc1. The van der Waals surface area contributed by atoms with E-state index in [9.17, 15) is 8.42 Å². The zero-order valence-electron chi connectivity index (χ0n) is 12.6. The van der Waals surface area contributed by atoms with Crippen LogP contribution in [0.25, 0.3) is 0 Å². The van der Waals surface area contributed by atoms with E-state index in [1.54, 1.807) is 38.1 Å². The molecule has 0 spiro atoms. The second-order valence-corrected chi connectivity index (χ2v) is 7.63. The number of nitrogens with one attached hydrogen (secondary N) is 1. The average molecular weight is 312 g/mol. The van der Waals surface area contributed by atoms with Gasteiger partial charge in [0.2, 0.25) is 10.0 Å². The van der Waals surface area contributed by atoms with Crippen LogP contribution in [-0.2, 0) is 10.0 Å². The van der Waals surface area contributed by atoms with E-state index in [0.717, 1.165) is 25.7 Å². The van der Waals surface area contributed by atoms with Crippen LogP contribution >= 0.6 is 0 Å². The summed E-state index contributed by atoms with van der Waals surface area (Å²) in [7, 11) is -3.44. The molecule has 0 amide bonds. The lowest BCUT2D eigenvalue weighted by Gasteiger charge is -2.27. The molecule has 0 saturated heterocycles. The number of hydrogen-bond donors (Lipinski definition) is 2. The molecule has 1 saturated carbocycles. The molecule has 3 N–H and O–H groups in total. The zero-order valence-corrected chi connectivity index (χ0v) is 13.4. The van der Waals surface area contributed by atoms with Gasteiger partial charge in [0.25, 0.3) is 0 Å². The lowest BCUT2D eigenvalue weighted by Crippen LogP contribution is -2.33. The lowest BCUT2D eigenvalue weighted by molar-refractivity contribution is 0.144. The Labute approximate surface area is 126 Å². The first-order valence-corrected chi connectivity index (χ1v) is 8.90. The molecule has 6 heteroatoms. The van der Waals surface area contributed by atoms with Crippen molar-refractivity contribution in [2.45, 2.75) is 62.6 Å². The van der Waals surface area contributed by atoms with Crippen LogP contribution < -0.4 is 15.2 Å². The molecular formula is C15H24N2O3S. The van der Waals surface area contributed by atoms with Crippen LogP contribution in [0.4, 0.5) is 0 Å². The summed E-state index contributed by atoms with van der Waals surface area (Å²) in [5, 5.41) is 0. The average Bonchev–Trinajstić information content (AvgIpc) is 2.38. The van der Waals surface area contributed by atoms with Crippen molar-refractivity contribution in [1.29, 1.82) is 0 Å². The number of hydrogen-bond acceptors (Lipinski definition) is 4. The molecule has 1 aromatic carbocycles. The smallest absolute Gasteiger partial charge is 0.240 e. The molecule has 2 atom stereocenters. The number of benzene rings is 1. The van der Waals surface area contributed by atoms with E-state index < -0.39 is 10.0 Å². The predicted molar refractivity (Wildman–Crippen MR) is 82.8 cm³/mol. The molecule has 1 fully saturated rings. The number of ether oxygens (including phenoxy) is 1. The van der Waals surface area contributed by atoms with Crippen LogP contribution in [0.2, 0.25) is 0 Å². The Hall–Kier alpha value is -1.11. The Morgan fingerprint density at radius 2 is 1.90 bits per heavy atom. The van der Waals surface area contributed by atoms with Gasteiger partial charge in [-0.15, -0.1) is 0 Å². The van der Waals surface area contributed by atoms with Crippen LogP contribution in [0.1, 0.15) is 39.5 Å². The largest absolute Gasteiger partial charge is 0.490 e. The van der Waals surface area contributed by atoms with Crippen molar-refractivity contribution in [3.63, 3.8) is 0 Å². The van der Waals surface area contributed by atoms with Gasteiger partial charge < -0.3 is 10.5 Å². The second kappa shape index (κ2) is 6.77. The van der Waals surface area contributed by atoms with E-state index >= 15 is 0 Å². The highest BCUT2D eigenvalue weighted by Crippen LogP contribution is 2.24. The van der Waals surface area contributed by atoms with Crippen LogP contribution in [0.5, 0.6) is 5.75 Å². The third-order valence-electron chi connectivity index (χ3n) is 3.49. The van der Waals surface area contributed by atoms with Crippen molar-refractivity contribution in [3.05, 3.63) is 24.3 Å². The lowest BCUT2D eigenvalue weighted by atomic mass is 9.93. The fraction of sp³-hybridized carbons (Fsp3) is 0.600. The maximum atomic E-state index is 12.0. The Kier molecular flexibility index (Phi) is 5.24. The highest BCUT2D eigenvalue weighted by atomic mass is 32.2. The maximum absolute atomic E-state index is 12.0. The maximum Gasteiger partial charge on any atom is 0.240 e. The van der Waals surface area contributed by atoms with Gasteiger partial charge in [0, 0.05) is 12.1 Å². The molecule has 0 radical (unpaired) electrons. The summed E-state index contributed by atoms with van der Waals surface area (Å²) in [6.07, 6.45) is 4.12. The molecule has 0 aromatic heterocycles. The van der Waals surface area contributed by atoms with Crippen LogP contribution in [0, 0.1) is 0 Å². The van der Waals surface area contributed by atoms with Gasteiger partial charge in [0.1, 0.15) is 11.9 Å². The molecule has 0 aliphatic heterocycles. The van der Waals surface area contributed by atoms with Crippen LogP contribution in [0.3, 0.4) is 0 Å². The Morgan fingerprint density at radius 3 is 2.48 bits per heavy atom.